The van der Waals surface area contributed by atoms with Crippen molar-refractivity contribution in [3.05, 3.63) is 23.9 Å². The second-order valence-corrected chi connectivity index (χ2v) is 3.33. The lowest BCUT2D eigenvalue weighted by Gasteiger charge is -2.06. The van der Waals surface area contributed by atoms with Crippen LogP contribution in [0.1, 0.15) is 10.4 Å². The van der Waals surface area contributed by atoms with Gasteiger partial charge in [0.25, 0.3) is 5.91 Å². The molecule has 6 heteroatoms. The fourth-order valence-electron chi connectivity index (χ4n) is 1.19. The third-order valence-electron chi connectivity index (χ3n) is 2.04. The van der Waals surface area contributed by atoms with Gasteiger partial charge in [0, 0.05) is 26.4 Å². The first-order chi connectivity index (χ1) is 8.27. The molecule has 1 aromatic rings. The molecule has 0 unspecified atom stereocenters. The Kier molecular flexibility index (Phi) is 5.98. The molecule has 0 aliphatic rings. The van der Waals surface area contributed by atoms with Crippen LogP contribution in [0.25, 0.3) is 0 Å². The summed E-state index contributed by atoms with van der Waals surface area (Å²) in [5, 5.41) is 14.2. The fraction of sp³-hybridized carbons (Fsp3) is 0.455. The molecule has 0 aromatic carbocycles. The summed E-state index contributed by atoms with van der Waals surface area (Å²) in [4.78, 5) is 15.6. The van der Waals surface area contributed by atoms with Crippen LogP contribution in [0.15, 0.2) is 18.3 Å². The van der Waals surface area contributed by atoms with Crippen molar-refractivity contribution in [2.75, 3.05) is 38.7 Å². The van der Waals surface area contributed by atoms with Crippen molar-refractivity contribution in [1.29, 1.82) is 0 Å². The monoisotopic (exact) mass is 239 g/mol. The van der Waals surface area contributed by atoms with E-state index in [1.54, 1.807) is 19.2 Å². The van der Waals surface area contributed by atoms with Gasteiger partial charge in [0.05, 0.1) is 18.8 Å². The molecule has 0 saturated heterocycles. The molecule has 0 saturated carbocycles. The van der Waals surface area contributed by atoms with E-state index in [9.17, 15) is 4.79 Å². The van der Waals surface area contributed by atoms with Crippen LogP contribution in [-0.2, 0) is 4.74 Å². The number of ether oxygens (including phenoxy) is 1. The lowest BCUT2D eigenvalue weighted by Crippen LogP contribution is -2.27. The number of aromatic nitrogens is 1. The highest BCUT2D eigenvalue weighted by molar-refractivity contribution is 5.94. The Hall–Kier alpha value is -1.66. The van der Waals surface area contributed by atoms with Crippen molar-refractivity contribution in [3.63, 3.8) is 0 Å². The summed E-state index contributed by atoms with van der Waals surface area (Å²) < 4.78 is 4.83. The Bertz CT molecular complexity index is 340. The maximum atomic E-state index is 11.6. The first kappa shape index (κ1) is 13.4. The van der Waals surface area contributed by atoms with Crippen LogP contribution >= 0.6 is 0 Å². The van der Waals surface area contributed by atoms with E-state index in [1.807, 2.05) is 0 Å². The van der Waals surface area contributed by atoms with Crippen LogP contribution < -0.4 is 10.6 Å². The Morgan fingerprint density at radius 1 is 1.47 bits per heavy atom. The zero-order chi connectivity index (χ0) is 12.5. The molecule has 1 heterocycles. The van der Waals surface area contributed by atoms with Gasteiger partial charge >= 0.3 is 0 Å². The van der Waals surface area contributed by atoms with Gasteiger partial charge in [-0.1, -0.05) is 0 Å². The number of nitrogens with one attached hydrogen (secondary N) is 2. The van der Waals surface area contributed by atoms with Crippen molar-refractivity contribution in [2.45, 2.75) is 0 Å². The molecule has 17 heavy (non-hydrogen) atoms. The predicted octanol–water partition coefficient (Wildman–Crippen LogP) is -0.138. The average molecular weight is 239 g/mol. The highest BCUT2D eigenvalue weighted by Gasteiger charge is 2.04. The third-order valence-corrected chi connectivity index (χ3v) is 2.04. The predicted molar refractivity (Wildman–Crippen MR) is 64.0 cm³/mol. The maximum absolute atomic E-state index is 11.6. The van der Waals surface area contributed by atoms with Crippen molar-refractivity contribution in [3.8, 4) is 0 Å². The molecular formula is C11H17N3O3. The van der Waals surface area contributed by atoms with Crippen LogP contribution in [-0.4, -0.2) is 49.4 Å². The maximum Gasteiger partial charge on any atom is 0.252 e. The van der Waals surface area contributed by atoms with Gasteiger partial charge in [-0.15, -0.1) is 0 Å². The van der Waals surface area contributed by atoms with Crippen molar-refractivity contribution in [1.82, 2.24) is 10.3 Å². The van der Waals surface area contributed by atoms with Gasteiger partial charge in [-0.25, -0.2) is 4.98 Å². The SMILES string of the molecule is COCCNC(=O)c1ccc(NCCO)nc1. The number of amides is 1. The summed E-state index contributed by atoms with van der Waals surface area (Å²) in [5.41, 5.74) is 0.496. The van der Waals surface area contributed by atoms with Crippen LogP contribution in [0.4, 0.5) is 5.82 Å². The highest BCUT2D eigenvalue weighted by atomic mass is 16.5. The number of carbonyl (C=O) groups excluding carboxylic acids is 1. The largest absolute Gasteiger partial charge is 0.395 e. The molecule has 0 fully saturated rings. The molecule has 0 bridgehead atoms. The number of methoxy groups -OCH3 is 1. The van der Waals surface area contributed by atoms with E-state index >= 15 is 0 Å². The molecule has 1 rings (SSSR count). The summed E-state index contributed by atoms with van der Waals surface area (Å²) in [6.45, 7) is 1.43. The molecule has 0 atom stereocenters. The minimum absolute atomic E-state index is 0.0426. The topological polar surface area (TPSA) is 83.5 Å². The third kappa shape index (κ3) is 4.80. The lowest BCUT2D eigenvalue weighted by molar-refractivity contribution is 0.0937. The van der Waals surface area contributed by atoms with E-state index in [0.717, 1.165) is 0 Å². The van der Waals surface area contributed by atoms with Gasteiger partial charge in [0.1, 0.15) is 5.82 Å². The Morgan fingerprint density at radius 3 is 2.88 bits per heavy atom. The number of hydrogen-bond donors (Lipinski definition) is 3. The zero-order valence-electron chi connectivity index (χ0n) is 9.77. The van der Waals surface area contributed by atoms with Crippen molar-refractivity contribution >= 4 is 11.7 Å². The van der Waals surface area contributed by atoms with Gasteiger partial charge in [-0.05, 0) is 12.1 Å². The molecule has 0 aliphatic heterocycles. The molecule has 0 radical (unpaired) electrons. The Morgan fingerprint density at radius 2 is 2.29 bits per heavy atom. The number of carbonyl (C=O) groups is 1. The smallest absolute Gasteiger partial charge is 0.252 e. The average Bonchev–Trinajstić information content (AvgIpc) is 2.37. The summed E-state index contributed by atoms with van der Waals surface area (Å²) in [7, 11) is 1.58. The highest BCUT2D eigenvalue weighted by Crippen LogP contribution is 2.04. The van der Waals surface area contributed by atoms with Gasteiger partial charge in [0.15, 0.2) is 0 Å². The number of pyridine rings is 1. The minimum Gasteiger partial charge on any atom is -0.395 e. The van der Waals surface area contributed by atoms with E-state index in [-0.39, 0.29) is 12.5 Å². The van der Waals surface area contributed by atoms with E-state index < -0.39 is 0 Å². The summed E-state index contributed by atoms with van der Waals surface area (Å²) in [6.07, 6.45) is 1.49. The standard InChI is InChI=1S/C11H17N3O3/c1-17-7-5-13-11(16)9-2-3-10(14-8-9)12-4-6-15/h2-3,8,15H,4-7H2,1H3,(H,12,14)(H,13,16). The number of anilines is 1. The normalized spacial score (nSPS) is 10.0. The molecule has 0 spiro atoms. The summed E-state index contributed by atoms with van der Waals surface area (Å²) in [5.74, 6) is 0.454. The fourth-order valence-corrected chi connectivity index (χ4v) is 1.19. The zero-order valence-corrected chi connectivity index (χ0v) is 9.77. The Balaban J connectivity index is 2.46. The van der Waals surface area contributed by atoms with Gasteiger partial charge < -0.3 is 20.5 Å². The van der Waals surface area contributed by atoms with Crippen LogP contribution in [0.3, 0.4) is 0 Å². The molecule has 1 aromatic heterocycles. The molecule has 1 amide bonds. The van der Waals surface area contributed by atoms with E-state index in [4.69, 9.17) is 9.84 Å². The molecule has 94 valence electrons. The summed E-state index contributed by atoms with van der Waals surface area (Å²) in [6, 6.07) is 3.37. The van der Waals surface area contributed by atoms with Gasteiger partial charge in [-0.3, -0.25) is 4.79 Å². The molecular weight excluding hydrogens is 222 g/mol. The molecule has 6 nitrogen and oxygen atoms in total. The minimum atomic E-state index is -0.178. The van der Waals surface area contributed by atoms with Crippen molar-refractivity contribution in [2.24, 2.45) is 0 Å². The van der Waals surface area contributed by atoms with Crippen LogP contribution in [0, 0.1) is 0 Å². The van der Waals surface area contributed by atoms with E-state index in [1.165, 1.54) is 6.20 Å². The van der Waals surface area contributed by atoms with Crippen LogP contribution in [0.2, 0.25) is 0 Å². The number of aliphatic hydroxyl groups is 1. The van der Waals surface area contributed by atoms with Crippen molar-refractivity contribution < 1.29 is 14.6 Å². The quantitative estimate of drug-likeness (QED) is 0.577. The van der Waals surface area contributed by atoms with Gasteiger partial charge in [0.2, 0.25) is 0 Å². The molecule has 0 aliphatic carbocycles. The number of aliphatic hydroxyl groups excluding tert-OH is 1. The number of rotatable bonds is 7. The second kappa shape index (κ2) is 7.59. The first-order valence-electron chi connectivity index (χ1n) is 5.36. The second-order valence-electron chi connectivity index (χ2n) is 3.33. The Labute approximate surface area is 100 Å². The van der Waals surface area contributed by atoms with Crippen LogP contribution in [0.5, 0.6) is 0 Å². The summed E-state index contributed by atoms with van der Waals surface area (Å²) >= 11 is 0. The number of hydrogen-bond acceptors (Lipinski definition) is 5. The van der Waals surface area contributed by atoms with E-state index in [0.29, 0.717) is 31.1 Å². The first-order valence-corrected chi connectivity index (χ1v) is 5.36. The van der Waals surface area contributed by atoms with Gasteiger partial charge in [-0.2, -0.15) is 0 Å². The molecule has 3 N–H and O–H groups in total. The number of nitrogens with zero attached hydrogens (tertiary/aromatic N) is 1. The van der Waals surface area contributed by atoms with E-state index in [2.05, 4.69) is 15.6 Å². The lowest BCUT2D eigenvalue weighted by atomic mass is 10.2.